The molecule has 2 N–H and O–H groups in total. The van der Waals surface area contributed by atoms with Crippen molar-refractivity contribution in [1.29, 1.82) is 0 Å². The number of halogens is 2. The van der Waals surface area contributed by atoms with Crippen LogP contribution >= 0.6 is 0 Å². The van der Waals surface area contributed by atoms with E-state index >= 15 is 0 Å². The van der Waals surface area contributed by atoms with Crippen molar-refractivity contribution in [3.63, 3.8) is 0 Å². The predicted octanol–water partition coefficient (Wildman–Crippen LogP) is 4.61. The third-order valence-corrected chi connectivity index (χ3v) is 6.09. The average Bonchev–Trinajstić information content (AvgIpc) is 3.42. The summed E-state index contributed by atoms with van der Waals surface area (Å²) in [6, 6.07) is 8.81. The Morgan fingerprint density at radius 1 is 1.10 bits per heavy atom. The Balaban J connectivity index is 1.64. The lowest BCUT2D eigenvalue weighted by molar-refractivity contribution is -0.123. The summed E-state index contributed by atoms with van der Waals surface area (Å²) in [5.74, 6) is -1.44. The van der Waals surface area contributed by atoms with Gasteiger partial charge in [0.15, 0.2) is 0 Å². The normalized spacial score (nSPS) is 19.6. The number of hydrogen-bond donors (Lipinski definition) is 2. The fourth-order valence-corrected chi connectivity index (χ4v) is 4.28. The van der Waals surface area contributed by atoms with Crippen LogP contribution in [-0.4, -0.2) is 20.6 Å². The molecule has 1 saturated carbocycles. The van der Waals surface area contributed by atoms with Crippen molar-refractivity contribution in [2.45, 2.75) is 51.5 Å². The topological polar surface area (TPSA) is 75.3 Å². The summed E-state index contributed by atoms with van der Waals surface area (Å²) in [4.78, 5) is 12.6. The average molecular weight is 451 g/mol. The molecular formula is C23H28F2N2O3S. The number of anilines is 1. The van der Waals surface area contributed by atoms with Crippen LogP contribution in [-0.2, 0) is 20.2 Å². The molecule has 2 aromatic carbocycles. The van der Waals surface area contributed by atoms with Gasteiger partial charge in [-0.05, 0) is 59.6 Å². The van der Waals surface area contributed by atoms with Crippen molar-refractivity contribution in [3.05, 3.63) is 64.7 Å². The number of benzene rings is 2. The van der Waals surface area contributed by atoms with E-state index in [1.807, 2.05) is 26.8 Å². The van der Waals surface area contributed by atoms with Crippen LogP contribution < -0.4 is 10.0 Å². The molecule has 5 nitrogen and oxygen atoms in total. The second kappa shape index (κ2) is 8.22. The van der Waals surface area contributed by atoms with E-state index in [2.05, 4.69) is 10.0 Å². The molecule has 0 saturated heterocycles. The number of sulfonamides is 1. The highest BCUT2D eigenvalue weighted by atomic mass is 32.2. The van der Waals surface area contributed by atoms with Crippen LogP contribution in [0.1, 0.15) is 62.8 Å². The summed E-state index contributed by atoms with van der Waals surface area (Å²) in [6.45, 7) is 7.58. The van der Waals surface area contributed by atoms with Crippen LogP contribution in [0.25, 0.3) is 0 Å². The van der Waals surface area contributed by atoms with E-state index in [0.717, 1.165) is 11.8 Å². The molecule has 2 aromatic rings. The van der Waals surface area contributed by atoms with Gasteiger partial charge in [-0.3, -0.25) is 9.52 Å². The highest BCUT2D eigenvalue weighted by Gasteiger charge is 2.44. The summed E-state index contributed by atoms with van der Waals surface area (Å²) < 4.78 is 53.4. The first-order valence-corrected chi connectivity index (χ1v) is 12.0. The molecule has 1 fully saturated rings. The molecule has 0 bridgehead atoms. The molecule has 0 heterocycles. The largest absolute Gasteiger partial charge is 0.349 e. The van der Waals surface area contributed by atoms with Crippen LogP contribution in [0.5, 0.6) is 0 Å². The van der Waals surface area contributed by atoms with Crippen LogP contribution in [0.2, 0.25) is 0 Å². The minimum absolute atomic E-state index is 0.0335. The van der Waals surface area contributed by atoms with E-state index in [1.54, 1.807) is 19.1 Å². The van der Waals surface area contributed by atoms with Crippen molar-refractivity contribution >= 4 is 21.6 Å². The molecule has 168 valence electrons. The van der Waals surface area contributed by atoms with E-state index in [0.29, 0.717) is 17.5 Å². The first-order valence-electron chi connectivity index (χ1n) is 10.1. The summed E-state index contributed by atoms with van der Waals surface area (Å²) in [7, 11) is -3.59. The van der Waals surface area contributed by atoms with Crippen molar-refractivity contribution < 1.29 is 22.0 Å². The molecule has 0 aliphatic heterocycles. The number of carbonyl (C=O) groups is 1. The molecule has 31 heavy (non-hydrogen) atoms. The van der Waals surface area contributed by atoms with Crippen LogP contribution in [0.15, 0.2) is 36.4 Å². The zero-order chi connectivity index (χ0) is 23.1. The third-order valence-electron chi connectivity index (χ3n) is 5.50. The minimum atomic E-state index is -3.59. The van der Waals surface area contributed by atoms with Gasteiger partial charge in [0, 0.05) is 5.92 Å². The van der Waals surface area contributed by atoms with E-state index in [4.69, 9.17) is 0 Å². The van der Waals surface area contributed by atoms with Gasteiger partial charge in [-0.2, -0.15) is 0 Å². The third kappa shape index (κ3) is 5.61. The van der Waals surface area contributed by atoms with Gasteiger partial charge < -0.3 is 5.32 Å². The molecular weight excluding hydrogens is 422 g/mol. The van der Waals surface area contributed by atoms with Gasteiger partial charge in [0.2, 0.25) is 15.9 Å². The van der Waals surface area contributed by atoms with Crippen molar-refractivity contribution in [1.82, 2.24) is 5.32 Å². The molecule has 3 rings (SSSR count). The molecule has 8 heteroatoms. The number of hydrogen-bond acceptors (Lipinski definition) is 3. The van der Waals surface area contributed by atoms with Crippen LogP contribution in [0, 0.1) is 17.6 Å². The van der Waals surface area contributed by atoms with Gasteiger partial charge in [0.1, 0.15) is 11.6 Å². The molecule has 0 radical (unpaired) electrons. The van der Waals surface area contributed by atoms with Gasteiger partial charge in [-0.1, -0.05) is 39.0 Å². The molecule has 1 aliphatic carbocycles. The standard InChI is InChI=1S/C23H28F2N2O3S/c1-13(14-7-9-21(20(25)10-14)27-31(5,29)30)26-22(28)17-12-16(17)15-6-8-18(19(24)11-15)23(2,3)4/h6-11,13,16-17,27H,12H2,1-5H3,(H,26,28). The number of carbonyl (C=O) groups excluding carboxylic acids is 1. The number of amides is 1. The Morgan fingerprint density at radius 3 is 2.32 bits per heavy atom. The smallest absolute Gasteiger partial charge is 0.229 e. The maximum absolute atomic E-state index is 14.5. The molecule has 0 spiro atoms. The van der Waals surface area contributed by atoms with Gasteiger partial charge in [0.05, 0.1) is 18.0 Å². The quantitative estimate of drug-likeness (QED) is 0.675. The van der Waals surface area contributed by atoms with Gasteiger partial charge >= 0.3 is 0 Å². The lowest BCUT2D eigenvalue weighted by Crippen LogP contribution is -2.28. The Kier molecular flexibility index (Phi) is 6.15. The van der Waals surface area contributed by atoms with Gasteiger partial charge in [0.25, 0.3) is 0 Å². The Bertz CT molecular complexity index is 1110. The van der Waals surface area contributed by atoms with Crippen molar-refractivity contribution in [2.75, 3.05) is 11.0 Å². The number of rotatable bonds is 6. The molecule has 1 amide bonds. The van der Waals surface area contributed by atoms with Gasteiger partial charge in [-0.25, -0.2) is 17.2 Å². The summed E-state index contributed by atoms with van der Waals surface area (Å²) in [5, 5.41) is 2.87. The summed E-state index contributed by atoms with van der Waals surface area (Å²) in [6.07, 6.45) is 1.58. The Labute approximate surface area is 182 Å². The second-order valence-corrected chi connectivity index (χ2v) is 11.0. The van der Waals surface area contributed by atoms with Crippen molar-refractivity contribution in [3.8, 4) is 0 Å². The monoisotopic (exact) mass is 450 g/mol. The zero-order valence-electron chi connectivity index (χ0n) is 18.3. The Hall–Kier alpha value is -2.48. The highest BCUT2D eigenvalue weighted by molar-refractivity contribution is 7.92. The second-order valence-electron chi connectivity index (χ2n) is 9.28. The van der Waals surface area contributed by atoms with E-state index in [-0.39, 0.29) is 34.7 Å². The lowest BCUT2D eigenvalue weighted by atomic mass is 9.86. The SMILES string of the molecule is CC(NC(=O)C1CC1c1ccc(C(C)(C)C)c(F)c1)c1ccc(NS(C)(=O)=O)c(F)c1. The van der Waals surface area contributed by atoms with Gasteiger partial charge in [-0.15, -0.1) is 0 Å². The molecule has 1 aliphatic rings. The predicted molar refractivity (Wildman–Crippen MR) is 117 cm³/mol. The molecule has 3 atom stereocenters. The maximum atomic E-state index is 14.5. The minimum Gasteiger partial charge on any atom is -0.349 e. The fraction of sp³-hybridized carbons (Fsp3) is 0.435. The van der Waals surface area contributed by atoms with E-state index in [1.165, 1.54) is 18.2 Å². The van der Waals surface area contributed by atoms with E-state index < -0.39 is 21.9 Å². The zero-order valence-corrected chi connectivity index (χ0v) is 19.1. The lowest BCUT2D eigenvalue weighted by Gasteiger charge is -2.20. The highest BCUT2D eigenvalue weighted by Crippen LogP contribution is 2.48. The molecule has 0 aromatic heterocycles. The molecule has 3 unspecified atom stereocenters. The first-order chi connectivity index (χ1) is 14.3. The first kappa shape index (κ1) is 23.2. The van der Waals surface area contributed by atoms with Crippen molar-refractivity contribution in [2.24, 2.45) is 5.92 Å². The number of nitrogens with one attached hydrogen (secondary N) is 2. The summed E-state index contributed by atoms with van der Waals surface area (Å²) in [5.41, 5.74) is 1.53. The fourth-order valence-electron chi connectivity index (χ4n) is 3.71. The van der Waals surface area contributed by atoms with Crippen LogP contribution in [0.3, 0.4) is 0 Å². The maximum Gasteiger partial charge on any atom is 0.229 e. The van der Waals surface area contributed by atoms with E-state index in [9.17, 15) is 22.0 Å². The van der Waals surface area contributed by atoms with Crippen LogP contribution in [0.4, 0.5) is 14.5 Å². The Morgan fingerprint density at radius 2 is 1.77 bits per heavy atom. The summed E-state index contributed by atoms with van der Waals surface area (Å²) >= 11 is 0.